The molecule has 3 heteroatoms. The molecule has 72 valence electrons. The smallest absolute Gasteiger partial charge is 0.0592 e. The minimum absolute atomic E-state index is 0.471. The fraction of sp³-hybridized carbons (Fsp3) is 1.00. The van der Waals surface area contributed by atoms with E-state index < -0.39 is 0 Å². The summed E-state index contributed by atoms with van der Waals surface area (Å²) in [5, 5.41) is 3.30. The van der Waals surface area contributed by atoms with E-state index in [4.69, 9.17) is 10.5 Å². The number of nitrogens with two attached hydrogens (primary N) is 1. The van der Waals surface area contributed by atoms with Gasteiger partial charge >= 0.3 is 0 Å². The second-order valence-corrected chi connectivity index (χ2v) is 3.42. The Labute approximate surface area is 74.7 Å². The summed E-state index contributed by atoms with van der Waals surface area (Å²) in [5.41, 5.74) is 5.36. The number of ether oxygens (including phenoxy) is 1. The maximum absolute atomic E-state index is 5.57. The largest absolute Gasteiger partial charge is 0.377 e. The highest BCUT2D eigenvalue weighted by atomic mass is 16.5. The van der Waals surface area contributed by atoms with Crippen LogP contribution in [0.5, 0.6) is 0 Å². The van der Waals surface area contributed by atoms with Crippen LogP contribution in [0.3, 0.4) is 0 Å². The highest BCUT2D eigenvalue weighted by molar-refractivity contribution is 4.76. The summed E-state index contributed by atoms with van der Waals surface area (Å²) in [6, 6.07) is 0.711. The topological polar surface area (TPSA) is 47.3 Å². The van der Waals surface area contributed by atoms with Crippen LogP contribution in [0.1, 0.15) is 25.7 Å². The molecule has 0 aliphatic heterocycles. The third-order valence-corrected chi connectivity index (χ3v) is 2.55. The third-order valence-electron chi connectivity index (χ3n) is 2.55. The number of rotatable bonds is 4. The molecule has 0 amide bonds. The van der Waals surface area contributed by atoms with Crippen LogP contribution in [0.4, 0.5) is 0 Å². The fourth-order valence-corrected chi connectivity index (χ4v) is 1.75. The zero-order valence-electron chi connectivity index (χ0n) is 7.88. The maximum Gasteiger partial charge on any atom is 0.0592 e. The lowest BCUT2D eigenvalue weighted by molar-refractivity contribution is 0.0277. The monoisotopic (exact) mass is 172 g/mol. The Morgan fingerprint density at radius 2 is 2.00 bits per heavy atom. The van der Waals surface area contributed by atoms with Crippen LogP contribution < -0.4 is 11.1 Å². The molecule has 3 N–H and O–H groups in total. The number of nitrogens with one attached hydrogen (secondary N) is 1. The molecule has 0 heterocycles. The van der Waals surface area contributed by atoms with Crippen molar-refractivity contribution in [3.05, 3.63) is 0 Å². The Morgan fingerprint density at radius 1 is 1.33 bits per heavy atom. The summed E-state index contributed by atoms with van der Waals surface area (Å²) >= 11 is 0. The minimum Gasteiger partial charge on any atom is -0.377 e. The van der Waals surface area contributed by atoms with Gasteiger partial charge in [0.15, 0.2) is 0 Å². The normalized spacial score (nSPS) is 30.5. The van der Waals surface area contributed by atoms with Crippen LogP contribution in [0.2, 0.25) is 0 Å². The van der Waals surface area contributed by atoms with E-state index in [0.29, 0.717) is 18.7 Å². The first-order chi connectivity index (χ1) is 5.86. The lowest BCUT2D eigenvalue weighted by Crippen LogP contribution is -2.33. The highest BCUT2D eigenvalue weighted by Crippen LogP contribution is 2.20. The molecule has 0 aromatic heterocycles. The third kappa shape index (κ3) is 3.09. The van der Waals surface area contributed by atoms with Crippen molar-refractivity contribution in [2.24, 2.45) is 5.73 Å². The summed E-state index contributed by atoms with van der Waals surface area (Å²) in [5.74, 6) is 0. The second kappa shape index (κ2) is 5.51. The lowest BCUT2D eigenvalue weighted by Gasteiger charge is -2.28. The first kappa shape index (κ1) is 9.96. The van der Waals surface area contributed by atoms with Gasteiger partial charge in [0.1, 0.15) is 0 Å². The Hall–Kier alpha value is -0.120. The zero-order valence-corrected chi connectivity index (χ0v) is 7.88. The summed E-state index contributed by atoms with van der Waals surface area (Å²) in [6.45, 7) is 1.36. The molecule has 0 bridgehead atoms. The molecular formula is C9H20N2O. The minimum atomic E-state index is 0.471. The van der Waals surface area contributed by atoms with Crippen molar-refractivity contribution in [2.75, 3.05) is 20.2 Å². The van der Waals surface area contributed by atoms with Gasteiger partial charge in [0.2, 0.25) is 0 Å². The molecule has 1 fully saturated rings. The molecule has 1 rings (SSSR count). The lowest BCUT2D eigenvalue weighted by atomic mass is 9.93. The number of hydrogen-bond acceptors (Lipinski definition) is 3. The molecule has 0 aromatic rings. The van der Waals surface area contributed by atoms with Crippen molar-refractivity contribution >= 4 is 0 Å². The SMILES string of the molecule is CN[C@H]1CC[C@H](OCCN)CC1. The molecule has 12 heavy (non-hydrogen) atoms. The summed E-state index contributed by atoms with van der Waals surface area (Å²) in [7, 11) is 2.03. The van der Waals surface area contributed by atoms with Gasteiger partial charge in [0, 0.05) is 12.6 Å². The fourth-order valence-electron chi connectivity index (χ4n) is 1.75. The molecule has 0 spiro atoms. The van der Waals surface area contributed by atoms with Crippen molar-refractivity contribution in [1.82, 2.24) is 5.32 Å². The average molecular weight is 172 g/mol. The predicted molar refractivity (Wildman–Crippen MR) is 50.1 cm³/mol. The van der Waals surface area contributed by atoms with E-state index in [-0.39, 0.29) is 0 Å². The molecule has 3 nitrogen and oxygen atoms in total. The molecule has 0 radical (unpaired) electrons. The van der Waals surface area contributed by atoms with E-state index in [0.717, 1.165) is 6.61 Å². The number of hydrogen-bond donors (Lipinski definition) is 2. The van der Waals surface area contributed by atoms with Crippen molar-refractivity contribution in [2.45, 2.75) is 37.8 Å². The van der Waals surface area contributed by atoms with E-state index in [1.54, 1.807) is 0 Å². The van der Waals surface area contributed by atoms with Crippen LogP contribution in [0.25, 0.3) is 0 Å². The van der Waals surface area contributed by atoms with Gasteiger partial charge in [0.25, 0.3) is 0 Å². The van der Waals surface area contributed by atoms with Crippen LogP contribution >= 0.6 is 0 Å². The van der Waals surface area contributed by atoms with Crippen molar-refractivity contribution in [1.29, 1.82) is 0 Å². The molecule has 0 unspecified atom stereocenters. The van der Waals surface area contributed by atoms with Crippen molar-refractivity contribution in [3.63, 3.8) is 0 Å². The zero-order chi connectivity index (χ0) is 8.81. The average Bonchev–Trinajstić information content (AvgIpc) is 2.15. The molecular weight excluding hydrogens is 152 g/mol. The Balaban J connectivity index is 2.09. The van der Waals surface area contributed by atoms with Crippen LogP contribution in [0, 0.1) is 0 Å². The van der Waals surface area contributed by atoms with Gasteiger partial charge in [-0.25, -0.2) is 0 Å². The maximum atomic E-state index is 5.57. The molecule has 0 saturated heterocycles. The Kier molecular flexibility index (Phi) is 4.58. The van der Waals surface area contributed by atoms with Gasteiger partial charge in [-0.2, -0.15) is 0 Å². The molecule has 0 atom stereocenters. The van der Waals surface area contributed by atoms with E-state index >= 15 is 0 Å². The van der Waals surface area contributed by atoms with E-state index in [1.165, 1.54) is 25.7 Å². The van der Waals surface area contributed by atoms with E-state index in [9.17, 15) is 0 Å². The van der Waals surface area contributed by atoms with E-state index in [2.05, 4.69) is 5.32 Å². The summed E-state index contributed by atoms with van der Waals surface area (Å²) in [4.78, 5) is 0. The molecule has 0 aromatic carbocycles. The first-order valence-electron chi connectivity index (χ1n) is 4.85. The standard InChI is InChI=1S/C9H20N2O/c1-11-8-2-4-9(5-3-8)12-7-6-10/h8-9,11H,2-7,10H2,1H3/t8-,9-. The highest BCUT2D eigenvalue weighted by Gasteiger charge is 2.19. The Bertz CT molecular complexity index is 111. The molecule has 1 aliphatic carbocycles. The van der Waals surface area contributed by atoms with Gasteiger partial charge in [-0.3, -0.25) is 0 Å². The van der Waals surface area contributed by atoms with Gasteiger partial charge < -0.3 is 15.8 Å². The summed E-state index contributed by atoms with van der Waals surface area (Å²) < 4.78 is 5.57. The van der Waals surface area contributed by atoms with Crippen LogP contribution in [-0.2, 0) is 4.74 Å². The second-order valence-electron chi connectivity index (χ2n) is 3.42. The van der Waals surface area contributed by atoms with Gasteiger partial charge in [-0.05, 0) is 32.7 Å². The van der Waals surface area contributed by atoms with Gasteiger partial charge in [0.05, 0.1) is 12.7 Å². The van der Waals surface area contributed by atoms with E-state index in [1.807, 2.05) is 7.05 Å². The first-order valence-corrected chi connectivity index (χ1v) is 4.85. The summed E-state index contributed by atoms with van der Waals surface area (Å²) in [6.07, 6.45) is 5.33. The van der Waals surface area contributed by atoms with Crippen LogP contribution in [-0.4, -0.2) is 32.3 Å². The van der Waals surface area contributed by atoms with Crippen LogP contribution in [0.15, 0.2) is 0 Å². The van der Waals surface area contributed by atoms with Gasteiger partial charge in [-0.1, -0.05) is 0 Å². The Morgan fingerprint density at radius 3 is 2.50 bits per heavy atom. The predicted octanol–water partition coefficient (Wildman–Crippen LogP) is 0.492. The molecule has 1 aliphatic rings. The molecule has 1 saturated carbocycles. The van der Waals surface area contributed by atoms with Gasteiger partial charge in [-0.15, -0.1) is 0 Å². The quantitative estimate of drug-likeness (QED) is 0.649. The van der Waals surface area contributed by atoms with Crippen molar-refractivity contribution < 1.29 is 4.74 Å². The van der Waals surface area contributed by atoms with Crippen molar-refractivity contribution in [3.8, 4) is 0 Å².